The molecule has 1 rings (SSSR count). The van der Waals surface area contributed by atoms with E-state index in [0.717, 1.165) is 19.4 Å². The van der Waals surface area contributed by atoms with E-state index in [0.29, 0.717) is 6.42 Å². The van der Waals surface area contributed by atoms with Crippen molar-refractivity contribution in [3.63, 3.8) is 0 Å². The topological polar surface area (TPSA) is 40.5 Å². The van der Waals surface area contributed by atoms with Gasteiger partial charge >= 0.3 is 0 Å². The van der Waals surface area contributed by atoms with Crippen LogP contribution in [0.3, 0.4) is 0 Å². The van der Waals surface area contributed by atoms with Gasteiger partial charge in [0, 0.05) is 13.0 Å². The molecular formula is C7H13NO2. The Morgan fingerprint density at radius 2 is 2.50 bits per heavy atom. The van der Waals surface area contributed by atoms with Crippen LogP contribution in [0.4, 0.5) is 0 Å². The van der Waals surface area contributed by atoms with Crippen LogP contribution in [0.15, 0.2) is 0 Å². The van der Waals surface area contributed by atoms with Gasteiger partial charge in [-0.25, -0.2) is 0 Å². The quantitative estimate of drug-likeness (QED) is 0.575. The summed E-state index contributed by atoms with van der Waals surface area (Å²) >= 11 is 0. The zero-order chi connectivity index (χ0) is 7.56. The lowest BCUT2D eigenvalue weighted by molar-refractivity contribution is -0.137. The number of aliphatic hydroxyl groups is 1. The molecule has 10 heavy (non-hydrogen) atoms. The number of nitrogens with zero attached hydrogens (tertiary/aromatic N) is 1. The van der Waals surface area contributed by atoms with Crippen molar-refractivity contribution in [2.75, 3.05) is 6.54 Å². The van der Waals surface area contributed by atoms with Gasteiger partial charge < -0.3 is 10.0 Å². The Bertz CT molecular complexity index is 136. The van der Waals surface area contributed by atoms with E-state index in [4.69, 9.17) is 0 Å². The van der Waals surface area contributed by atoms with Crippen molar-refractivity contribution in [1.82, 2.24) is 4.90 Å². The average molecular weight is 143 g/mol. The fourth-order valence-corrected chi connectivity index (χ4v) is 1.24. The van der Waals surface area contributed by atoms with Crippen molar-refractivity contribution >= 4 is 5.91 Å². The summed E-state index contributed by atoms with van der Waals surface area (Å²) in [5, 5.41) is 9.20. The fraction of sp³-hybridized carbons (Fsp3) is 0.857. The Balaban J connectivity index is 2.46. The largest absolute Gasteiger partial charge is 0.374 e. The van der Waals surface area contributed by atoms with Gasteiger partial charge in [0.25, 0.3) is 0 Å². The van der Waals surface area contributed by atoms with Gasteiger partial charge in [-0.15, -0.1) is 0 Å². The number of aliphatic hydroxyl groups excluding tert-OH is 1. The summed E-state index contributed by atoms with van der Waals surface area (Å²) in [5.74, 6) is 0.0602. The molecule has 3 heteroatoms. The molecule has 0 aromatic carbocycles. The van der Waals surface area contributed by atoms with Crippen LogP contribution in [0.1, 0.15) is 26.2 Å². The SMILES string of the molecule is CCC(=O)N1CCCC1O. The molecule has 1 fully saturated rings. The Labute approximate surface area is 60.6 Å². The van der Waals surface area contributed by atoms with Gasteiger partial charge in [0.15, 0.2) is 0 Å². The molecule has 1 unspecified atom stereocenters. The molecule has 0 bridgehead atoms. The van der Waals surface area contributed by atoms with Crippen LogP contribution in [0.25, 0.3) is 0 Å². The molecular weight excluding hydrogens is 130 g/mol. The monoisotopic (exact) mass is 143 g/mol. The van der Waals surface area contributed by atoms with Gasteiger partial charge in [0.2, 0.25) is 5.91 Å². The first kappa shape index (κ1) is 7.54. The number of rotatable bonds is 1. The highest BCUT2D eigenvalue weighted by molar-refractivity contribution is 5.76. The summed E-state index contributed by atoms with van der Waals surface area (Å²) in [6.45, 7) is 2.54. The summed E-state index contributed by atoms with van der Waals surface area (Å²) in [6.07, 6.45) is 1.67. The van der Waals surface area contributed by atoms with E-state index in [1.807, 2.05) is 6.92 Å². The molecule has 0 saturated carbocycles. The average Bonchev–Trinajstić information content (AvgIpc) is 2.34. The molecule has 0 radical (unpaired) electrons. The Morgan fingerprint density at radius 1 is 1.80 bits per heavy atom. The zero-order valence-corrected chi connectivity index (χ0v) is 6.21. The predicted molar refractivity (Wildman–Crippen MR) is 37.2 cm³/mol. The minimum absolute atomic E-state index is 0.0602. The summed E-state index contributed by atoms with van der Waals surface area (Å²) in [6, 6.07) is 0. The first-order valence-corrected chi connectivity index (χ1v) is 3.73. The molecule has 0 aliphatic carbocycles. The molecule has 0 aromatic heterocycles. The van der Waals surface area contributed by atoms with E-state index in [-0.39, 0.29) is 5.91 Å². The highest BCUT2D eigenvalue weighted by Crippen LogP contribution is 2.14. The molecule has 1 atom stereocenters. The second-order valence-electron chi connectivity index (χ2n) is 2.56. The molecule has 1 aliphatic rings. The van der Waals surface area contributed by atoms with E-state index < -0.39 is 6.23 Å². The smallest absolute Gasteiger partial charge is 0.224 e. The van der Waals surface area contributed by atoms with Crippen molar-refractivity contribution in [2.24, 2.45) is 0 Å². The van der Waals surface area contributed by atoms with Crippen LogP contribution in [-0.2, 0) is 4.79 Å². The van der Waals surface area contributed by atoms with Crippen LogP contribution in [0.2, 0.25) is 0 Å². The molecule has 0 spiro atoms. The number of hydrogen-bond acceptors (Lipinski definition) is 2. The van der Waals surface area contributed by atoms with E-state index in [9.17, 15) is 9.90 Å². The lowest BCUT2D eigenvalue weighted by Crippen LogP contribution is -2.34. The van der Waals surface area contributed by atoms with Crippen LogP contribution in [-0.4, -0.2) is 28.7 Å². The Hall–Kier alpha value is -0.570. The summed E-state index contributed by atoms with van der Waals surface area (Å²) in [7, 11) is 0. The lowest BCUT2D eigenvalue weighted by atomic mass is 10.4. The van der Waals surface area contributed by atoms with Crippen molar-refractivity contribution in [1.29, 1.82) is 0 Å². The lowest BCUT2D eigenvalue weighted by Gasteiger charge is -2.18. The maximum absolute atomic E-state index is 11.0. The van der Waals surface area contributed by atoms with Crippen molar-refractivity contribution in [2.45, 2.75) is 32.4 Å². The highest BCUT2D eigenvalue weighted by Gasteiger charge is 2.24. The first-order valence-electron chi connectivity index (χ1n) is 3.73. The van der Waals surface area contributed by atoms with Gasteiger partial charge in [-0.05, 0) is 12.8 Å². The van der Waals surface area contributed by atoms with Gasteiger partial charge in [-0.1, -0.05) is 6.92 Å². The van der Waals surface area contributed by atoms with Crippen LogP contribution >= 0.6 is 0 Å². The molecule has 0 aromatic rings. The third-order valence-electron chi connectivity index (χ3n) is 1.84. The number of hydrogen-bond donors (Lipinski definition) is 1. The fourth-order valence-electron chi connectivity index (χ4n) is 1.24. The summed E-state index contributed by atoms with van der Waals surface area (Å²) in [4.78, 5) is 12.5. The predicted octanol–water partition coefficient (Wildman–Crippen LogP) is 0.337. The second kappa shape index (κ2) is 3.01. The molecule has 58 valence electrons. The third-order valence-corrected chi connectivity index (χ3v) is 1.84. The zero-order valence-electron chi connectivity index (χ0n) is 6.21. The highest BCUT2D eigenvalue weighted by atomic mass is 16.3. The first-order chi connectivity index (χ1) is 4.75. The summed E-state index contributed by atoms with van der Waals surface area (Å²) in [5.41, 5.74) is 0. The van der Waals surface area contributed by atoms with Crippen LogP contribution in [0, 0.1) is 0 Å². The molecule has 1 aliphatic heterocycles. The molecule has 1 amide bonds. The van der Waals surface area contributed by atoms with Gasteiger partial charge in [-0.2, -0.15) is 0 Å². The van der Waals surface area contributed by atoms with Crippen LogP contribution < -0.4 is 0 Å². The number of carbonyl (C=O) groups is 1. The van der Waals surface area contributed by atoms with E-state index in [1.165, 1.54) is 0 Å². The van der Waals surface area contributed by atoms with Crippen molar-refractivity contribution < 1.29 is 9.90 Å². The van der Waals surface area contributed by atoms with Crippen molar-refractivity contribution in [3.8, 4) is 0 Å². The Kier molecular flexibility index (Phi) is 2.27. The minimum atomic E-state index is -0.507. The Morgan fingerprint density at radius 3 is 2.90 bits per heavy atom. The number of amides is 1. The maximum Gasteiger partial charge on any atom is 0.224 e. The maximum atomic E-state index is 11.0. The van der Waals surface area contributed by atoms with Gasteiger partial charge in [0.05, 0.1) is 0 Å². The molecule has 1 N–H and O–H groups in total. The van der Waals surface area contributed by atoms with E-state index in [2.05, 4.69) is 0 Å². The second-order valence-corrected chi connectivity index (χ2v) is 2.56. The van der Waals surface area contributed by atoms with Crippen LogP contribution in [0.5, 0.6) is 0 Å². The van der Waals surface area contributed by atoms with E-state index >= 15 is 0 Å². The van der Waals surface area contributed by atoms with Gasteiger partial charge in [-0.3, -0.25) is 4.79 Å². The molecule has 3 nitrogen and oxygen atoms in total. The number of likely N-dealkylation sites (tertiary alicyclic amines) is 1. The minimum Gasteiger partial charge on any atom is -0.374 e. The standard InChI is InChI=1S/C7H13NO2/c1-2-6(9)8-5-3-4-7(8)10/h7,10H,2-5H2,1H3. The normalized spacial score (nSPS) is 25.4. The summed E-state index contributed by atoms with van der Waals surface area (Å²) < 4.78 is 0. The molecule has 1 saturated heterocycles. The van der Waals surface area contributed by atoms with E-state index in [1.54, 1.807) is 4.90 Å². The number of carbonyl (C=O) groups excluding carboxylic acids is 1. The third kappa shape index (κ3) is 1.29. The molecule has 1 heterocycles. The van der Waals surface area contributed by atoms with Crippen molar-refractivity contribution in [3.05, 3.63) is 0 Å². The van der Waals surface area contributed by atoms with Gasteiger partial charge in [0.1, 0.15) is 6.23 Å².